The van der Waals surface area contributed by atoms with E-state index in [0.29, 0.717) is 0 Å². The second-order valence-electron chi connectivity index (χ2n) is 16.0. The molecule has 2 nitrogen and oxygen atoms in total. The Morgan fingerprint density at radius 1 is 0.386 bits per heavy atom. The van der Waals surface area contributed by atoms with Crippen molar-refractivity contribution in [1.82, 2.24) is 0 Å². The number of fused-ring (bicyclic) bond motifs is 9. The van der Waals surface area contributed by atoms with Crippen molar-refractivity contribution in [2.75, 3.05) is 4.90 Å². The van der Waals surface area contributed by atoms with Crippen LogP contribution in [0.15, 0.2) is 192 Å². The molecule has 0 bridgehead atoms. The molecule has 0 saturated carbocycles. The predicted octanol–water partition coefficient (Wildman–Crippen LogP) is 15.5. The maximum absolute atomic E-state index is 6.68. The molecule has 10 aromatic rings. The molecule has 0 radical (unpaired) electrons. The highest BCUT2D eigenvalue weighted by Crippen LogP contribution is 2.55. The molecule has 12 rings (SSSR count). The minimum Gasteiger partial charge on any atom is -0.456 e. The summed E-state index contributed by atoms with van der Waals surface area (Å²) in [6.07, 6.45) is 0. The van der Waals surface area contributed by atoms with Crippen molar-refractivity contribution in [2.24, 2.45) is 0 Å². The molecule has 0 fully saturated rings. The first-order chi connectivity index (χ1) is 28.0. The molecule has 268 valence electrons. The predicted molar refractivity (Wildman–Crippen MR) is 239 cm³/mol. The summed E-state index contributed by atoms with van der Waals surface area (Å²) in [6.45, 7) is 4.70. The van der Waals surface area contributed by atoms with Gasteiger partial charge in [-0.2, -0.15) is 0 Å². The molecule has 1 heterocycles. The molecule has 0 N–H and O–H groups in total. The lowest BCUT2D eigenvalue weighted by atomic mass is 9.82. The molecule has 9 aromatic carbocycles. The molecule has 0 spiro atoms. The number of nitrogens with zero attached hydrogens (tertiary/aromatic N) is 1. The van der Waals surface area contributed by atoms with E-state index in [1.165, 1.54) is 77.5 Å². The fourth-order valence-electron chi connectivity index (χ4n) is 10.0. The number of rotatable bonds is 5. The first-order valence-corrected chi connectivity index (χ1v) is 19.8. The Balaban J connectivity index is 1.09. The molecule has 0 amide bonds. The summed E-state index contributed by atoms with van der Waals surface area (Å²) >= 11 is 0. The van der Waals surface area contributed by atoms with Crippen LogP contribution in [0, 0.1) is 0 Å². The molecular formula is C55H37NO. The van der Waals surface area contributed by atoms with Gasteiger partial charge in [-0.3, -0.25) is 0 Å². The summed E-state index contributed by atoms with van der Waals surface area (Å²) in [6, 6.07) is 68.8. The van der Waals surface area contributed by atoms with Crippen LogP contribution in [0.1, 0.15) is 25.0 Å². The molecule has 0 saturated heterocycles. The fourth-order valence-corrected chi connectivity index (χ4v) is 10.0. The molecule has 0 atom stereocenters. The Bertz CT molecular complexity index is 3230. The van der Waals surface area contributed by atoms with Crippen molar-refractivity contribution in [3.63, 3.8) is 0 Å². The van der Waals surface area contributed by atoms with Crippen LogP contribution in [0.3, 0.4) is 0 Å². The number of furan rings is 1. The largest absolute Gasteiger partial charge is 0.456 e. The smallest absolute Gasteiger partial charge is 0.136 e. The van der Waals surface area contributed by atoms with Crippen molar-refractivity contribution < 1.29 is 4.42 Å². The van der Waals surface area contributed by atoms with Gasteiger partial charge in [-0.25, -0.2) is 0 Å². The second kappa shape index (κ2) is 11.9. The lowest BCUT2D eigenvalue weighted by Gasteiger charge is -2.29. The third-order valence-electron chi connectivity index (χ3n) is 12.6. The summed E-state index contributed by atoms with van der Waals surface area (Å²) in [5.74, 6) is 0. The quantitative estimate of drug-likeness (QED) is 0.175. The Labute approximate surface area is 331 Å². The molecule has 2 aliphatic carbocycles. The third kappa shape index (κ3) is 4.59. The Hall–Kier alpha value is -7.16. The number of hydrogen-bond donors (Lipinski definition) is 0. The Morgan fingerprint density at radius 2 is 0.982 bits per heavy atom. The molecular weight excluding hydrogens is 691 g/mol. The SMILES string of the molecule is CC1(C)c2ccccc2-c2c(N(c3ccc(-c4ccccc4)cc3)c3ccc4oc5cccc(-c6ccc7c8c(cccc68)-c6ccccc6-7)c5c4c3)cccc21. The maximum Gasteiger partial charge on any atom is 0.136 e. The molecule has 0 unspecified atom stereocenters. The van der Waals surface area contributed by atoms with Gasteiger partial charge in [-0.15, -0.1) is 0 Å². The van der Waals surface area contributed by atoms with Gasteiger partial charge in [0.15, 0.2) is 0 Å². The van der Waals surface area contributed by atoms with Gasteiger partial charge in [0.2, 0.25) is 0 Å². The summed E-state index contributed by atoms with van der Waals surface area (Å²) in [5, 5.41) is 4.83. The van der Waals surface area contributed by atoms with Crippen LogP contribution in [-0.4, -0.2) is 0 Å². The zero-order valence-corrected chi connectivity index (χ0v) is 31.8. The first kappa shape index (κ1) is 32.1. The van der Waals surface area contributed by atoms with Gasteiger partial charge >= 0.3 is 0 Å². The summed E-state index contributed by atoms with van der Waals surface area (Å²) in [4.78, 5) is 2.45. The Kier molecular flexibility index (Phi) is 6.72. The van der Waals surface area contributed by atoms with Crippen LogP contribution in [0.25, 0.3) is 88.3 Å². The van der Waals surface area contributed by atoms with E-state index in [0.717, 1.165) is 39.0 Å². The average Bonchev–Trinajstić information content (AvgIpc) is 3.88. The van der Waals surface area contributed by atoms with Crippen molar-refractivity contribution in [3.05, 3.63) is 199 Å². The van der Waals surface area contributed by atoms with E-state index < -0.39 is 0 Å². The van der Waals surface area contributed by atoms with Gasteiger partial charge in [-0.1, -0.05) is 159 Å². The second-order valence-corrected chi connectivity index (χ2v) is 16.0. The number of anilines is 3. The van der Waals surface area contributed by atoms with Crippen LogP contribution in [0.5, 0.6) is 0 Å². The normalized spacial score (nSPS) is 13.2. The van der Waals surface area contributed by atoms with E-state index in [1.54, 1.807) is 0 Å². The third-order valence-corrected chi connectivity index (χ3v) is 12.6. The maximum atomic E-state index is 6.68. The highest BCUT2D eigenvalue weighted by molar-refractivity contribution is 6.22. The van der Waals surface area contributed by atoms with E-state index in [2.05, 4.69) is 207 Å². The molecule has 2 aliphatic rings. The average molecular weight is 728 g/mol. The van der Waals surface area contributed by atoms with Crippen molar-refractivity contribution >= 4 is 49.8 Å². The highest BCUT2D eigenvalue weighted by Gasteiger charge is 2.37. The van der Waals surface area contributed by atoms with Gasteiger partial charge in [-0.05, 0) is 114 Å². The van der Waals surface area contributed by atoms with Gasteiger partial charge in [0.05, 0.1) is 5.69 Å². The minimum absolute atomic E-state index is 0.120. The van der Waals surface area contributed by atoms with Crippen LogP contribution in [-0.2, 0) is 5.41 Å². The molecule has 1 aromatic heterocycles. The topological polar surface area (TPSA) is 16.4 Å². The summed E-state index contributed by atoms with van der Waals surface area (Å²) in [5.41, 5.74) is 20.3. The summed E-state index contributed by atoms with van der Waals surface area (Å²) in [7, 11) is 0. The summed E-state index contributed by atoms with van der Waals surface area (Å²) < 4.78 is 6.68. The molecule has 0 aliphatic heterocycles. The standard InChI is InChI=1S/C55H37NO/c1-55(2)47-21-9-8-17-45(47)54-48(55)22-12-23-49(54)56(36-27-25-35(26-28-36)34-13-4-3-5-14-34)37-29-32-50-46(33-37)53-43(20-11-24-51(53)57-50)40-30-31-44-39-16-7-6-15-38(39)41-18-10-19-42(40)52(41)44/h3-33H,1-2H3. The lowest BCUT2D eigenvalue weighted by Crippen LogP contribution is -2.16. The van der Waals surface area contributed by atoms with E-state index in [1.807, 2.05) is 0 Å². The van der Waals surface area contributed by atoms with Crippen LogP contribution in [0.2, 0.25) is 0 Å². The monoisotopic (exact) mass is 727 g/mol. The highest BCUT2D eigenvalue weighted by atomic mass is 16.3. The van der Waals surface area contributed by atoms with E-state index >= 15 is 0 Å². The zero-order chi connectivity index (χ0) is 37.8. The van der Waals surface area contributed by atoms with Gasteiger partial charge in [0, 0.05) is 33.1 Å². The number of hydrogen-bond acceptors (Lipinski definition) is 2. The van der Waals surface area contributed by atoms with Crippen molar-refractivity contribution in [2.45, 2.75) is 19.3 Å². The Morgan fingerprint density at radius 3 is 1.79 bits per heavy atom. The first-order valence-electron chi connectivity index (χ1n) is 19.8. The zero-order valence-electron chi connectivity index (χ0n) is 31.8. The van der Waals surface area contributed by atoms with Gasteiger partial charge in [0.1, 0.15) is 11.2 Å². The van der Waals surface area contributed by atoms with Crippen LogP contribution >= 0.6 is 0 Å². The van der Waals surface area contributed by atoms with E-state index in [4.69, 9.17) is 4.42 Å². The van der Waals surface area contributed by atoms with Crippen molar-refractivity contribution in [1.29, 1.82) is 0 Å². The van der Waals surface area contributed by atoms with Crippen LogP contribution in [0.4, 0.5) is 17.1 Å². The fraction of sp³-hybridized carbons (Fsp3) is 0.0545. The van der Waals surface area contributed by atoms with E-state index in [-0.39, 0.29) is 5.41 Å². The van der Waals surface area contributed by atoms with Gasteiger partial charge < -0.3 is 9.32 Å². The van der Waals surface area contributed by atoms with Gasteiger partial charge in [0.25, 0.3) is 0 Å². The number of benzene rings is 9. The lowest BCUT2D eigenvalue weighted by molar-refractivity contribution is 0.660. The molecule has 57 heavy (non-hydrogen) atoms. The minimum atomic E-state index is -0.120. The van der Waals surface area contributed by atoms with Crippen LogP contribution < -0.4 is 4.90 Å². The van der Waals surface area contributed by atoms with Crippen molar-refractivity contribution in [3.8, 4) is 55.6 Å². The molecule has 2 heteroatoms. The van der Waals surface area contributed by atoms with E-state index in [9.17, 15) is 0 Å².